The van der Waals surface area contributed by atoms with E-state index in [0.29, 0.717) is 5.56 Å². The summed E-state index contributed by atoms with van der Waals surface area (Å²) < 4.78 is 47.0. The highest BCUT2D eigenvalue weighted by atomic mass is 79.9. The molecule has 1 amide bonds. The molecule has 0 spiro atoms. The van der Waals surface area contributed by atoms with Crippen LogP contribution in [0.1, 0.15) is 37.1 Å². The van der Waals surface area contributed by atoms with Gasteiger partial charge in [-0.05, 0) is 74.7 Å². The van der Waals surface area contributed by atoms with Crippen LogP contribution >= 0.6 is 15.9 Å². The van der Waals surface area contributed by atoms with Crippen LogP contribution in [0.2, 0.25) is 0 Å². The van der Waals surface area contributed by atoms with Crippen LogP contribution in [0.15, 0.2) is 51.8 Å². The molecule has 2 aromatic rings. The van der Waals surface area contributed by atoms with Crippen molar-refractivity contribution in [2.24, 2.45) is 0 Å². The zero-order valence-electron chi connectivity index (χ0n) is 17.5. The van der Waals surface area contributed by atoms with Gasteiger partial charge in [0.2, 0.25) is 0 Å². The molecular weight excluding hydrogens is 489 g/mol. The Morgan fingerprint density at radius 2 is 1.87 bits per heavy atom. The lowest BCUT2D eigenvalue weighted by atomic mass is 10.1. The molecule has 0 saturated heterocycles. The molecule has 9 heteroatoms. The second-order valence-corrected chi connectivity index (χ2v) is 11.4. The summed E-state index contributed by atoms with van der Waals surface area (Å²) in [5, 5.41) is 8.51. The first-order valence-electron chi connectivity index (χ1n) is 9.82. The molecular formula is C22H25BrFNO5S. The molecule has 31 heavy (non-hydrogen) atoms. The molecule has 0 bridgehead atoms. The lowest BCUT2D eigenvalue weighted by Crippen LogP contribution is -2.48. The SMILES string of the molecule is CC(C)(C)OC(=O)N(CCO)C1Cc2cc(Br)ccc2C1S(=O)(=O)c1ccc(F)cc1. The number of hydrogen-bond donors (Lipinski definition) is 1. The van der Waals surface area contributed by atoms with Gasteiger partial charge in [-0.25, -0.2) is 17.6 Å². The molecule has 2 atom stereocenters. The van der Waals surface area contributed by atoms with E-state index in [1.54, 1.807) is 32.9 Å². The molecule has 1 aliphatic carbocycles. The van der Waals surface area contributed by atoms with Gasteiger partial charge in [-0.15, -0.1) is 0 Å². The fourth-order valence-electron chi connectivity index (χ4n) is 3.81. The average molecular weight is 514 g/mol. The molecule has 0 fully saturated rings. The smallest absolute Gasteiger partial charge is 0.410 e. The quantitative estimate of drug-likeness (QED) is 0.603. The van der Waals surface area contributed by atoms with E-state index in [4.69, 9.17) is 4.74 Å². The van der Waals surface area contributed by atoms with Crippen molar-refractivity contribution in [3.05, 3.63) is 63.9 Å². The second-order valence-electron chi connectivity index (χ2n) is 8.43. The Hall–Kier alpha value is -1.97. The highest BCUT2D eigenvalue weighted by molar-refractivity contribution is 9.10. The number of carbonyl (C=O) groups excluding carboxylic acids is 1. The minimum atomic E-state index is -3.98. The maximum Gasteiger partial charge on any atom is 0.410 e. The van der Waals surface area contributed by atoms with E-state index in [2.05, 4.69) is 15.9 Å². The van der Waals surface area contributed by atoms with Crippen LogP contribution in [0.4, 0.5) is 9.18 Å². The third-order valence-corrected chi connectivity index (χ3v) is 7.69. The number of fused-ring (bicyclic) bond motifs is 1. The van der Waals surface area contributed by atoms with E-state index in [1.807, 2.05) is 6.07 Å². The second kappa shape index (κ2) is 8.88. The summed E-state index contributed by atoms with van der Waals surface area (Å²) in [7, 11) is -3.98. The predicted octanol–water partition coefficient (Wildman–Crippen LogP) is 4.26. The van der Waals surface area contributed by atoms with E-state index in [9.17, 15) is 22.7 Å². The maximum absolute atomic E-state index is 13.6. The summed E-state index contributed by atoms with van der Waals surface area (Å²) in [5.74, 6) is -0.540. The zero-order valence-corrected chi connectivity index (χ0v) is 19.9. The van der Waals surface area contributed by atoms with Crippen LogP contribution in [0.5, 0.6) is 0 Å². The van der Waals surface area contributed by atoms with Gasteiger partial charge < -0.3 is 14.7 Å². The predicted molar refractivity (Wildman–Crippen MR) is 118 cm³/mol. The molecule has 0 aromatic heterocycles. The van der Waals surface area contributed by atoms with E-state index >= 15 is 0 Å². The van der Waals surface area contributed by atoms with E-state index in [1.165, 1.54) is 17.0 Å². The van der Waals surface area contributed by atoms with Crippen molar-refractivity contribution in [3.8, 4) is 0 Å². The number of carbonyl (C=O) groups is 1. The van der Waals surface area contributed by atoms with Gasteiger partial charge in [-0.1, -0.05) is 22.0 Å². The highest BCUT2D eigenvalue weighted by Gasteiger charge is 2.47. The standard InChI is InChI=1S/C22H25BrFNO5S/c1-22(2,3)30-21(27)25(10-11-26)19-13-14-12-15(23)4-9-18(14)20(19)31(28,29)17-7-5-16(24)6-8-17/h4-9,12,19-20,26H,10-11,13H2,1-3H3. The Morgan fingerprint density at radius 1 is 1.23 bits per heavy atom. The molecule has 0 radical (unpaired) electrons. The molecule has 0 heterocycles. The number of amides is 1. The topological polar surface area (TPSA) is 83.9 Å². The third kappa shape index (κ3) is 5.10. The molecule has 3 rings (SSSR count). The normalized spacial score (nSPS) is 18.5. The Balaban J connectivity index is 2.11. The molecule has 1 N–H and O–H groups in total. The van der Waals surface area contributed by atoms with Crippen molar-refractivity contribution in [1.29, 1.82) is 0 Å². The largest absolute Gasteiger partial charge is 0.444 e. The minimum absolute atomic E-state index is 0.0344. The van der Waals surface area contributed by atoms with Gasteiger partial charge >= 0.3 is 6.09 Å². The first kappa shape index (κ1) is 23.7. The Kier molecular flexibility index (Phi) is 6.78. The lowest BCUT2D eigenvalue weighted by molar-refractivity contribution is 0.0127. The van der Waals surface area contributed by atoms with Crippen molar-refractivity contribution in [2.45, 2.75) is 49.0 Å². The number of hydrogen-bond acceptors (Lipinski definition) is 5. The first-order chi connectivity index (χ1) is 14.4. The number of sulfone groups is 1. The third-order valence-electron chi connectivity index (χ3n) is 5.04. The molecule has 0 saturated carbocycles. The molecule has 2 aromatic carbocycles. The maximum atomic E-state index is 13.6. The number of nitrogens with zero attached hydrogens (tertiary/aromatic N) is 1. The first-order valence-corrected chi connectivity index (χ1v) is 12.2. The summed E-state index contributed by atoms with van der Waals surface area (Å²) >= 11 is 3.41. The van der Waals surface area contributed by atoms with Gasteiger partial charge in [-0.2, -0.15) is 0 Å². The monoisotopic (exact) mass is 513 g/mol. The van der Waals surface area contributed by atoms with Gasteiger partial charge in [0, 0.05) is 11.0 Å². The van der Waals surface area contributed by atoms with Crippen molar-refractivity contribution in [3.63, 3.8) is 0 Å². The molecule has 1 aliphatic rings. The number of ether oxygens (including phenoxy) is 1. The molecule has 0 aliphatic heterocycles. The van der Waals surface area contributed by atoms with Crippen molar-refractivity contribution in [1.82, 2.24) is 4.90 Å². The van der Waals surface area contributed by atoms with Gasteiger partial charge in [0.15, 0.2) is 9.84 Å². The number of halogens is 2. The molecule has 2 unspecified atom stereocenters. The van der Waals surface area contributed by atoms with Gasteiger partial charge in [0.1, 0.15) is 16.7 Å². The van der Waals surface area contributed by atoms with Crippen LogP contribution < -0.4 is 0 Å². The van der Waals surface area contributed by atoms with Gasteiger partial charge in [0.05, 0.1) is 17.5 Å². The lowest BCUT2D eigenvalue weighted by Gasteiger charge is -2.34. The number of benzene rings is 2. The summed E-state index contributed by atoms with van der Waals surface area (Å²) in [6, 6.07) is 9.15. The Labute approximate surface area is 190 Å². The van der Waals surface area contributed by atoms with Crippen LogP contribution in [0.3, 0.4) is 0 Å². The Bertz CT molecular complexity index is 1070. The molecule has 168 valence electrons. The summed E-state index contributed by atoms with van der Waals surface area (Å²) in [5.41, 5.74) is 0.565. The van der Waals surface area contributed by atoms with E-state index in [-0.39, 0.29) is 24.5 Å². The van der Waals surface area contributed by atoms with Crippen molar-refractivity contribution >= 4 is 31.9 Å². The van der Waals surface area contributed by atoms with Crippen molar-refractivity contribution in [2.75, 3.05) is 13.2 Å². The van der Waals surface area contributed by atoms with Crippen LogP contribution in [-0.4, -0.2) is 49.3 Å². The van der Waals surface area contributed by atoms with Crippen LogP contribution in [-0.2, 0) is 21.0 Å². The zero-order chi connectivity index (χ0) is 23.0. The minimum Gasteiger partial charge on any atom is -0.444 e. The van der Waals surface area contributed by atoms with Crippen LogP contribution in [0, 0.1) is 5.82 Å². The fourth-order valence-corrected chi connectivity index (χ4v) is 6.25. The van der Waals surface area contributed by atoms with Gasteiger partial charge in [0.25, 0.3) is 0 Å². The van der Waals surface area contributed by atoms with Gasteiger partial charge in [-0.3, -0.25) is 0 Å². The highest BCUT2D eigenvalue weighted by Crippen LogP contribution is 2.44. The summed E-state index contributed by atoms with van der Waals surface area (Å²) in [6.45, 7) is 4.73. The van der Waals surface area contributed by atoms with E-state index in [0.717, 1.165) is 22.2 Å². The van der Waals surface area contributed by atoms with Crippen molar-refractivity contribution < 1.29 is 27.4 Å². The average Bonchev–Trinajstić information content (AvgIpc) is 3.03. The Morgan fingerprint density at radius 3 is 2.45 bits per heavy atom. The fraction of sp³-hybridized carbons (Fsp3) is 0.409. The van der Waals surface area contributed by atoms with E-state index < -0.39 is 38.6 Å². The van der Waals surface area contributed by atoms with Crippen LogP contribution in [0.25, 0.3) is 0 Å². The summed E-state index contributed by atoms with van der Waals surface area (Å²) in [6.07, 6.45) is -0.420. The number of rotatable bonds is 5. The molecule has 6 nitrogen and oxygen atoms in total. The number of aliphatic hydroxyl groups excluding tert-OH is 1. The number of aliphatic hydroxyl groups is 1. The summed E-state index contributed by atoms with van der Waals surface area (Å²) in [4.78, 5) is 14.2.